The molecule has 0 bridgehead atoms. The maximum absolute atomic E-state index is 12.6. The molecule has 2 aromatic carbocycles. The van der Waals surface area contributed by atoms with E-state index in [1.807, 2.05) is 32.9 Å². The number of esters is 1. The quantitative estimate of drug-likeness (QED) is 0.741. The molecule has 0 aliphatic carbocycles. The van der Waals surface area contributed by atoms with Gasteiger partial charge in [0.1, 0.15) is 12.6 Å². The zero-order chi connectivity index (χ0) is 20.3. The Morgan fingerprint density at radius 1 is 1.18 bits per heavy atom. The van der Waals surface area contributed by atoms with Gasteiger partial charge in [-0.1, -0.05) is 43.1 Å². The van der Waals surface area contributed by atoms with Crippen LogP contribution < -0.4 is 14.8 Å². The molecule has 7 heteroatoms. The van der Waals surface area contributed by atoms with Gasteiger partial charge in [-0.15, -0.1) is 0 Å². The minimum atomic E-state index is -0.765. The molecule has 1 aliphatic rings. The lowest BCUT2D eigenvalue weighted by Crippen LogP contribution is -2.45. The van der Waals surface area contributed by atoms with Crippen LogP contribution in [0.1, 0.15) is 35.3 Å². The standard InChI is InChI=1S/C21H22ClNO5/c1-12(2)18(23-20(24)15-6-4-13(3)5-7-15)21(25)26-10-14-8-16(22)19-17(9-14)27-11-28-19/h4-9,12,18H,10-11H2,1-3H3,(H,23,24). The van der Waals surface area contributed by atoms with Crippen molar-refractivity contribution >= 4 is 23.5 Å². The van der Waals surface area contributed by atoms with Crippen molar-refractivity contribution < 1.29 is 23.8 Å². The highest BCUT2D eigenvalue weighted by Gasteiger charge is 2.27. The molecule has 0 spiro atoms. The minimum Gasteiger partial charge on any atom is -0.459 e. The van der Waals surface area contributed by atoms with E-state index in [9.17, 15) is 9.59 Å². The molecule has 0 saturated heterocycles. The van der Waals surface area contributed by atoms with Crippen molar-refractivity contribution in [1.82, 2.24) is 5.32 Å². The Labute approximate surface area is 168 Å². The van der Waals surface area contributed by atoms with Gasteiger partial charge in [0.2, 0.25) is 6.79 Å². The molecule has 1 amide bonds. The minimum absolute atomic E-state index is 0.0127. The van der Waals surface area contributed by atoms with Crippen LogP contribution in [0.4, 0.5) is 0 Å². The first-order chi connectivity index (χ1) is 13.3. The lowest BCUT2D eigenvalue weighted by atomic mass is 10.0. The van der Waals surface area contributed by atoms with Crippen molar-refractivity contribution in [2.24, 2.45) is 5.92 Å². The Morgan fingerprint density at radius 2 is 1.89 bits per heavy atom. The second kappa shape index (κ2) is 8.52. The number of ether oxygens (including phenoxy) is 3. The molecule has 2 aromatic rings. The summed E-state index contributed by atoms with van der Waals surface area (Å²) in [4.78, 5) is 25.0. The van der Waals surface area contributed by atoms with Crippen LogP contribution in [0, 0.1) is 12.8 Å². The number of nitrogens with one attached hydrogen (secondary N) is 1. The van der Waals surface area contributed by atoms with Crippen LogP contribution in [0.25, 0.3) is 0 Å². The molecule has 1 aliphatic heterocycles. The summed E-state index contributed by atoms with van der Waals surface area (Å²) in [6, 6.07) is 9.76. The summed E-state index contributed by atoms with van der Waals surface area (Å²) in [5, 5.41) is 3.15. The highest BCUT2D eigenvalue weighted by Crippen LogP contribution is 2.39. The first kappa shape index (κ1) is 20.0. The average Bonchev–Trinajstić information content (AvgIpc) is 3.13. The summed E-state index contributed by atoms with van der Waals surface area (Å²) in [6.45, 7) is 5.76. The number of halogens is 1. The molecule has 1 N–H and O–H groups in total. The van der Waals surface area contributed by atoms with E-state index in [1.165, 1.54) is 0 Å². The number of amides is 1. The van der Waals surface area contributed by atoms with Crippen LogP contribution >= 0.6 is 11.6 Å². The van der Waals surface area contributed by atoms with Crippen molar-refractivity contribution in [3.63, 3.8) is 0 Å². The molecule has 1 unspecified atom stereocenters. The summed E-state index contributed by atoms with van der Waals surface area (Å²) in [7, 11) is 0. The first-order valence-corrected chi connectivity index (χ1v) is 9.35. The van der Waals surface area contributed by atoms with E-state index in [0.29, 0.717) is 27.6 Å². The summed E-state index contributed by atoms with van der Waals surface area (Å²) < 4.78 is 16.0. The lowest BCUT2D eigenvalue weighted by molar-refractivity contribution is -0.148. The predicted molar refractivity (Wildman–Crippen MR) is 105 cm³/mol. The van der Waals surface area contributed by atoms with Gasteiger partial charge in [-0.05, 0) is 42.7 Å². The van der Waals surface area contributed by atoms with Crippen LogP contribution in [-0.2, 0) is 16.1 Å². The van der Waals surface area contributed by atoms with Gasteiger partial charge in [-0.25, -0.2) is 4.79 Å². The van der Waals surface area contributed by atoms with E-state index >= 15 is 0 Å². The van der Waals surface area contributed by atoms with Gasteiger partial charge in [-0.2, -0.15) is 0 Å². The smallest absolute Gasteiger partial charge is 0.329 e. The van der Waals surface area contributed by atoms with E-state index in [4.69, 9.17) is 25.8 Å². The molecule has 1 atom stereocenters. The summed E-state index contributed by atoms with van der Waals surface area (Å²) >= 11 is 6.15. The Hall–Kier alpha value is -2.73. The fourth-order valence-corrected chi connectivity index (χ4v) is 3.06. The number of carbonyl (C=O) groups is 2. The molecule has 0 fully saturated rings. The molecular weight excluding hydrogens is 382 g/mol. The third-order valence-electron chi connectivity index (χ3n) is 4.39. The van der Waals surface area contributed by atoms with E-state index in [1.54, 1.807) is 24.3 Å². The van der Waals surface area contributed by atoms with Crippen molar-refractivity contribution in [2.75, 3.05) is 6.79 Å². The molecule has 0 radical (unpaired) electrons. The van der Waals surface area contributed by atoms with E-state index in [-0.39, 0.29) is 25.2 Å². The summed E-state index contributed by atoms with van der Waals surface area (Å²) in [6.07, 6.45) is 0. The molecule has 28 heavy (non-hydrogen) atoms. The number of aryl methyl sites for hydroxylation is 1. The molecule has 3 rings (SSSR count). The number of benzene rings is 2. The number of rotatable bonds is 6. The summed E-state index contributed by atoms with van der Waals surface area (Å²) in [5.74, 6) is 0.0436. The largest absolute Gasteiger partial charge is 0.459 e. The average molecular weight is 404 g/mol. The second-order valence-corrected chi connectivity index (χ2v) is 7.39. The SMILES string of the molecule is Cc1ccc(C(=O)NC(C(=O)OCc2cc(Cl)c3c(c2)OCO3)C(C)C)cc1. The van der Waals surface area contributed by atoms with Crippen molar-refractivity contribution in [2.45, 2.75) is 33.4 Å². The van der Waals surface area contributed by atoms with Gasteiger partial charge in [0.05, 0.1) is 5.02 Å². The highest BCUT2D eigenvalue weighted by molar-refractivity contribution is 6.32. The maximum atomic E-state index is 12.6. The zero-order valence-corrected chi connectivity index (χ0v) is 16.7. The van der Waals surface area contributed by atoms with Crippen molar-refractivity contribution in [1.29, 1.82) is 0 Å². The van der Waals surface area contributed by atoms with Crippen LogP contribution in [0.2, 0.25) is 5.02 Å². The molecule has 0 saturated carbocycles. The van der Waals surface area contributed by atoms with Gasteiger partial charge in [0.15, 0.2) is 11.5 Å². The van der Waals surface area contributed by atoms with Crippen LogP contribution in [0.15, 0.2) is 36.4 Å². The fourth-order valence-electron chi connectivity index (χ4n) is 2.78. The van der Waals surface area contributed by atoms with Gasteiger partial charge >= 0.3 is 5.97 Å². The molecule has 1 heterocycles. The first-order valence-electron chi connectivity index (χ1n) is 8.97. The third-order valence-corrected chi connectivity index (χ3v) is 4.67. The zero-order valence-electron chi connectivity index (χ0n) is 16.0. The van der Waals surface area contributed by atoms with Crippen LogP contribution in [-0.4, -0.2) is 24.7 Å². The normalized spacial score (nSPS) is 13.3. The topological polar surface area (TPSA) is 73.9 Å². The van der Waals surface area contributed by atoms with Crippen LogP contribution in [0.5, 0.6) is 11.5 Å². The molecular formula is C21H22ClNO5. The molecule has 148 valence electrons. The van der Waals surface area contributed by atoms with E-state index in [2.05, 4.69) is 5.32 Å². The number of hydrogen-bond acceptors (Lipinski definition) is 5. The number of carbonyl (C=O) groups excluding carboxylic acids is 2. The highest BCUT2D eigenvalue weighted by atomic mass is 35.5. The van der Waals surface area contributed by atoms with E-state index in [0.717, 1.165) is 5.56 Å². The monoisotopic (exact) mass is 403 g/mol. The van der Waals surface area contributed by atoms with Crippen LogP contribution in [0.3, 0.4) is 0 Å². The molecule has 0 aromatic heterocycles. The fraction of sp³-hybridized carbons (Fsp3) is 0.333. The number of hydrogen-bond donors (Lipinski definition) is 1. The van der Waals surface area contributed by atoms with Gasteiger partial charge in [-0.3, -0.25) is 4.79 Å². The third kappa shape index (κ3) is 4.57. The summed E-state index contributed by atoms with van der Waals surface area (Å²) in [5.41, 5.74) is 2.22. The van der Waals surface area contributed by atoms with Crippen molar-refractivity contribution in [3.05, 3.63) is 58.1 Å². The Bertz CT molecular complexity index is 879. The maximum Gasteiger partial charge on any atom is 0.329 e. The Balaban J connectivity index is 1.64. The second-order valence-electron chi connectivity index (χ2n) is 6.98. The van der Waals surface area contributed by atoms with Crippen molar-refractivity contribution in [3.8, 4) is 11.5 Å². The molecule has 6 nitrogen and oxygen atoms in total. The lowest BCUT2D eigenvalue weighted by Gasteiger charge is -2.21. The van der Waals surface area contributed by atoms with Gasteiger partial charge < -0.3 is 19.5 Å². The van der Waals surface area contributed by atoms with Gasteiger partial charge in [0.25, 0.3) is 5.91 Å². The Kier molecular flexibility index (Phi) is 6.09. The van der Waals surface area contributed by atoms with E-state index < -0.39 is 12.0 Å². The van der Waals surface area contributed by atoms with Gasteiger partial charge in [0, 0.05) is 5.56 Å². The predicted octanol–water partition coefficient (Wildman–Crippen LogP) is 3.87. The number of fused-ring (bicyclic) bond motifs is 1. The Morgan fingerprint density at radius 3 is 2.57 bits per heavy atom.